The number of nitrogens with one attached hydrogen (secondary N) is 1. The third-order valence-corrected chi connectivity index (χ3v) is 4.28. The highest BCUT2D eigenvalue weighted by molar-refractivity contribution is 7.09. The van der Waals surface area contributed by atoms with Gasteiger partial charge in [0.05, 0.1) is 10.7 Å². The van der Waals surface area contributed by atoms with E-state index >= 15 is 0 Å². The van der Waals surface area contributed by atoms with E-state index in [4.69, 9.17) is 4.98 Å². The Morgan fingerprint density at radius 3 is 2.44 bits per heavy atom. The summed E-state index contributed by atoms with van der Waals surface area (Å²) in [4.78, 5) is 4.79. The molecule has 0 fully saturated rings. The van der Waals surface area contributed by atoms with E-state index in [1.807, 2.05) is 11.3 Å². The summed E-state index contributed by atoms with van der Waals surface area (Å²) in [6.07, 6.45) is 2.28. The van der Waals surface area contributed by atoms with Crippen LogP contribution in [-0.2, 0) is 11.8 Å². The molecule has 1 rings (SSSR count). The lowest BCUT2D eigenvalue weighted by molar-refractivity contribution is 0.370. The number of hydrogen-bond donors (Lipinski definition) is 1. The van der Waals surface area contributed by atoms with Gasteiger partial charge in [0.2, 0.25) is 0 Å². The van der Waals surface area contributed by atoms with Crippen LogP contribution >= 0.6 is 11.3 Å². The topological polar surface area (TPSA) is 24.9 Å². The SMILES string of the molecule is CCNC(CC)C(C)Cc1nc(C(C)(C)C)cs1. The molecule has 0 amide bonds. The Kier molecular flexibility index (Phi) is 5.80. The molecule has 0 saturated carbocycles. The van der Waals surface area contributed by atoms with Crippen molar-refractivity contribution in [3.05, 3.63) is 16.1 Å². The molecule has 1 aromatic rings. The molecule has 0 bridgehead atoms. The number of aromatic nitrogens is 1. The summed E-state index contributed by atoms with van der Waals surface area (Å²) in [7, 11) is 0. The lowest BCUT2D eigenvalue weighted by Crippen LogP contribution is -2.35. The predicted octanol–water partition coefficient (Wildman–Crippen LogP) is 4.01. The summed E-state index contributed by atoms with van der Waals surface area (Å²) >= 11 is 1.81. The Morgan fingerprint density at radius 2 is 2.00 bits per heavy atom. The highest BCUT2D eigenvalue weighted by Crippen LogP contribution is 2.25. The normalized spacial score (nSPS) is 15.7. The van der Waals surface area contributed by atoms with Gasteiger partial charge < -0.3 is 5.32 Å². The maximum Gasteiger partial charge on any atom is 0.0931 e. The zero-order chi connectivity index (χ0) is 13.8. The first-order chi connectivity index (χ1) is 8.38. The summed E-state index contributed by atoms with van der Waals surface area (Å²) in [5.74, 6) is 0.647. The summed E-state index contributed by atoms with van der Waals surface area (Å²) in [5, 5.41) is 7.07. The third kappa shape index (κ3) is 4.36. The molecule has 0 aliphatic heterocycles. The maximum absolute atomic E-state index is 4.79. The van der Waals surface area contributed by atoms with E-state index in [1.54, 1.807) is 0 Å². The summed E-state index contributed by atoms with van der Waals surface area (Å²) < 4.78 is 0. The molecular formula is C15H28N2S. The first kappa shape index (κ1) is 15.6. The maximum atomic E-state index is 4.79. The molecule has 1 N–H and O–H groups in total. The van der Waals surface area contributed by atoms with Crippen LogP contribution in [0.15, 0.2) is 5.38 Å². The fraction of sp³-hybridized carbons (Fsp3) is 0.800. The van der Waals surface area contributed by atoms with Gasteiger partial charge in [-0.3, -0.25) is 0 Å². The van der Waals surface area contributed by atoms with E-state index in [9.17, 15) is 0 Å². The van der Waals surface area contributed by atoms with Crippen molar-refractivity contribution >= 4 is 11.3 Å². The monoisotopic (exact) mass is 268 g/mol. The molecule has 0 spiro atoms. The Labute approximate surface area is 116 Å². The van der Waals surface area contributed by atoms with Crippen LogP contribution in [0.1, 0.15) is 58.7 Å². The van der Waals surface area contributed by atoms with Crippen molar-refractivity contribution < 1.29 is 0 Å². The van der Waals surface area contributed by atoms with Gasteiger partial charge in [0.1, 0.15) is 0 Å². The zero-order valence-electron chi connectivity index (χ0n) is 12.7. The van der Waals surface area contributed by atoms with Crippen LogP contribution in [0.5, 0.6) is 0 Å². The van der Waals surface area contributed by atoms with Gasteiger partial charge in [-0.05, 0) is 18.9 Å². The zero-order valence-corrected chi connectivity index (χ0v) is 13.5. The average molecular weight is 268 g/mol. The van der Waals surface area contributed by atoms with Crippen LogP contribution in [0.2, 0.25) is 0 Å². The van der Waals surface area contributed by atoms with Crippen molar-refractivity contribution in [3.63, 3.8) is 0 Å². The second-order valence-corrected chi connectivity index (χ2v) is 7.07. The van der Waals surface area contributed by atoms with Crippen molar-refractivity contribution in [2.45, 2.75) is 65.8 Å². The van der Waals surface area contributed by atoms with Gasteiger partial charge in [0.25, 0.3) is 0 Å². The second kappa shape index (κ2) is 6.67. The fourth-order valence-corrected chi connectivity index (χ4v) is 3.34. The largest absolute Gasteiger partial charge is 0.314 e. The van der Waals surface area contributed by atoms with Gasteiger partial charge >= 0.3 is 0 Å². The minimum absolute atomic E-state index is 0.170. The van der Waals surface area contributed by atoms with Crippen LogP contribution < -0.4 is 5.32 Å². The second-order valence-electron chi connectivity index (χ2n) is 6.13. The number of nitrogens with zero attached hydrogens (tertiary/aromatic N) is 1. The lowest BCUT2D eigenvalue weighted by Gasteiger charge is -2.22. The minimum atomic E-state index is 0.170. The van der Waals surface area contributed by atoms with Crippen LogP contribution in [0.4, 0.5) is 0 Å². The van der Waals surface area contributed by atoms with Crippen LogP contribution in [0, 0.1) is 5.92 Å². The first-order valence-electron chi connectivity index (χ1n) is 7.06. The van der Waals surface area contributed by atoms with Crippen molar-refractivity contribution in [3.8, 4) is 0 Å². The van der Waals surface area contributed by atoms with Crippen LogP contribution in [0.25, 0.3) is 0 Å². The Hall–Kier alpha value is -0.410. The Balaban J connectivity index is 2.64. The van der Waals surface area contributed by atoms with E-state index in [-0.39, 0.29) is 5.41 Å². The number of hydrogen-bond acceptors (Lipinski definition) is 3. The van der Waals surface area contributed by atoms with Crippen molar-refractivity contribution in [2.75, 3.05) is 6.54 Å². The molecule has 0 aliphatic carbocycles. The van der Waals surface area contributed by atoms with E-state index in [2.05, 4.69) is 52.2 Å². The standard InChI is InChI=1S/C15H28N2S/c1-7-12(16-8-2)11(3)9-14-17-13(10-18-14)15(4,5)6/h10-12,16H,7-9H2,1-6H3. The molecule has 3 heteroatoms. The molecular weight excluding hydrogens is 240 g/mol. The third-order valence-electron chi connectivity index (χ3n) is 3.41. The Morgan fingerprint density at radius 1 is 1.33 bits per heavy atom. The molecule has 1 aromatic heterocycles. The van der Waals surface area contributed by atoms with Gasteiger partial charge in [-0.25, -0.2) is 4.98 Å². The van der Waals surface area contributed by atoms with Gasteiger partial charge in [-0.1, -0.05) is 41.5 Å². The molecule has 2 nitrogen and oxygen atoms in total. The van der Waals surface area contributed by atoms with Gasteiger partial charge in [-0.15, -0.1) is 11.3 Å². The first-order valence-corrected chi connectivity index (χ1v) is 7.94. The fourth-order valence-electron chi connectivity index (χ4n) is 2.18. The number of rotatable bonds is 6. The lowest BCUT2D eigenvalue weighted by atomic mass is 9.93. The van der Waals surface area contributed by atoms with Crippen LogP contribution in [0.3, 0.4) is 0 Å². The number of thiazole rings is 1. The quantitative estimate of drug-likeness (QED) is 0.843. The molecule has 0 aliphatic rings. The van der Waals surface area contributed by atoms with Gasteiger partial charge in [-0.2, -0.15) is 0 Å². The van der Waals surface area contributed by atoms with E-state index in [1.165, 1.54) is 17.1 Å². The minimum Gasteiger partial charge on any atom is -0.314 e. The molecule has 0 saturated heterocycles. The average Bonchev–Trinajstić information content (AvgIpc) is 2.73. The highest BCUT2D eigenvalue weighted by Gasteiger charge is 2.20. The van der Waals surface area contributed by atoms with Gasteiger partial charge in [0.15, 0.2) is 0 Å². The highest BCUT2D eigenvalue weighted by atomic mass is 32.1. The molecule has 0 aromatic carbocycles. The molecule has 18 heavy (non-hydrogen) atoms. The molecule has 2 unspecified atom stereocenters. The van der Waals surface area contributed by atoms with E-state index in [0.717, 1.165) is 13.0 Å². The van der Waals surface area contributed by atoms with Crippen molar-refractivity contribution in [2.24, 2.45) is 5.92 Å². The van der Waals surface area contributed by atoms with Crippen molar-refractivity contribution in [1.29, 1.82) is 0 Å². The van der Waals surface area contributed by atoms with E-state index in [0.29, 0.717) is 12.0 Å². The van der Waals surface area contributed by atoms with Crippen LogP contribution in [-0.4, -0.2) is 17.6 Å². The van der Waals surface area contributed by atoms with E-state index < -0.39 is 0 Å². The molecule has 0 radical (unpaired) electrons. The predicted molar refractivity (Wildman–Crippen MR) is 81.4 cm³/mol. The molecule has 104 valence electrons. The molecule has 1 heterocycles. The van der Waals surface area contributed by atoms with Gasteiger partial charge in [0, 0.05) is 23.3 Å². The summed E-state index contributed by atoms with van der Waals surface area (Å²) in [6, 6.07) is 0.608. The Bertz CT molecular complexity index is 352. The summed E-state index contributed by atoms with van der Waals surface area (Å²) in [6.45, 7) is 14.5. The van der Waals surface area contributed by atoms with Crippen molar-refractivity contribution in [1.82, 2.24) is 10.3 Å². The molecule has 2 atom stereocenters. The summed E-state index contributed by atoms with van der Waals surface area (Å²) in [5.41, 5.74) is 1.40. The smallest absolute Gasteiger partial charge is 0.0931 e.